The normalized spacial score (nSPS) is 16.1. The van der Waals surface area contributed by atoms with Gasteiger partial charge in [-0.2, -0.15) is 0 Å². The minimum Gasteiger partial charge on any atom is -0.465 e. The fourth-order valence-electron chi connectivity index (χ4n) is 2.43. The van der Waals surface area contributed by atoms with E-state index >= 15 is 0 Å². The quantitative estimate of drug-likeness (QED) is 0.662. The highest BCUT2D eigenvalue weighted by atomic mass is 16.5. The van der Waals surface area contributed by atoms with Gasteiger partial charge in [-0.1, -0.05) is 19.3 Å². The molecule has 5 heteroatoms. The maximum absolute atomic E-state index is 12.1. The maximum Gasteiger partial charge on any atom is 0.325 e. The van der Waals surface area contributed by atoms with Crippen LogP contribution < -0.4 is 0 Å². The van der Waals surface area contributed by atoms with E-state index in [2.05, 4.69) is 0 Å². The SMILES string of the molecule is CCOCC(=O)N(CC(=O)OCC)C1CCCCC1. The molecule has 0 saturated heterocycles. The second kappa shape index (κ2) is 8.91. The van der Waals surface area contributed by atoms with E-state index < -0.39 is 0 Å². The third-order valence-corrected chi connectivity index (χ3v) is 3.37. The van der Waals surface area contributed by atoms with Crippen molar-refractivity contribution in [2.75, 3.05) is 26.4 Å². The van der Waals surface area contributed by atoms with Crippen LogP contribution in [0.3, 0.4) is 0 Å². The Labute approximate surface area is 115 Å². The number of nitrogens with zero attached hydrogens (tertiary/aromatic N) is 1. The average molecular weight is 271 g/mol. The fourth-order valence-corrected chi connectivity index (χ4v) is 2.43. The molecule has 1 saturated carbocycles. The summed E-state index contributed by atoms with van der Waals surface area (Å²) in [5, 5.41) is 0. The lowest BCUT2D eigenvalue weighted by Crippen LogP contribution is -2.46. The summed E-state index contributed by atoms with van der Waals surface area (Å²) in [6, 6.07) is 0.158. The van der Waals surface area contributed by atoms with Crippen molar-refractivity contribution in [3.63, 3.8) is 0 Å². The Morgan fingerprint density at radius 1 is 1.11 bits per heavy atom. The molecule has 0 aromatic carbocycles. The van der Waals surface area contributed by atoms with Crippen LogP contribution in [-0.4, -0.2) is 49.2 Å². The Morgan fingerprint density at radius 2 is 1.79 bits per heavy atom. The van der Waals surface area contributed by atoms with Crippen LogP contribution in [0, 0.1) is 0 Å². The first-order valence-electron chi connectivity index (χ1n) is 7.21. The van der Waals surface area contributed by atoms with Crippen molar-refractivity contribution in [1.29, 1.82) is 0 Å². The van der Waals surface area contributed by atoms with E-state index in [9.17, 15) is 9.59 Å². The number of esters is 1. The van der Waals surface area contributed by atoms with Crippen molar-refractivity contribution in [3.8, 4) is 0 Å². The smallest absolute Gasteiger partial charge is 0.325 e. The van der Waals surface area contributed by atoms with E-state index in [1.54, 1.807) is 11.8 Å². The van der Waals surface area contributed by atoms with Crippen molar-refractivity contribution >= 4 is 11.9 Å². The van der Waals surface area contributed by atoms with Crippen LogP contribution in [0.5, 0.6) is 0 Å². The summed E-state index contributed by atoms with van der Waals surface area (Å²) in [5.41, 5.74) is 0. The molecule has 0 aromatic heterocycles. The molecule has 1 rings (SSSR count). The van der Waals surface area contributed by atoms with Gasteiger partial charge in [0.2, 0.25) is 5.91 Å². The summed E-state index contributed by atoms with van der Waals surface area (Å²) in [6.45, 7) is 4.56. The molecule has 1 aliphatic carbocycles. The maximum atomic E-state index is 12.1. The summed E-state index contributed by atoms with van der Waals surface area (Å²) in [6.07, 6.45) is 5.38. The number of hydrogen-bond acceptors (Lipinski definition) is 4. The van der Waals surface area contributed by atoms with Crippen molar-refractivity contribution in [3.05, 3.63) is 0 Å². The number of ether oxygens (including phenoxy) is 2. The highest BCUT2D eigenvalue weighted by Gasteiger charge is 2.27. The van der Waals surface area contributed by atoms with Gasteiger partial charge in [-0.3, -0.25) is 9.59 Å². The Hall–Kier alpha value is -1.10. The van der Waals surface area contributed by atoms with E-state index in [4.69, 9.17) is 9.47 Å². The largest absolute Gasteiger partial charge is 0.465 e. The molecule has 0 atom stereocenters. The summed E-state index contributed by atoms with van der Waals surface area (Å²) in [7, 11) is 0. The number of carbonyl (C=O) groups is 2. The lowest BCUT2D eigenvalue weighted by Gasteiger charge is -2.33. The molecule has 0 bridgehead atoms. The number of carbonyl (C=O) groups excluding carboxylic acids is 2. The number of hydrogen-bond donors (Lipinski definition) is 0. The van der Waals surface area contributed by atoms with Gasteiger partial charge < -0.3 is 14.4 Å². The van der Waals surface area contributed by atoms with Crippen LogP contribution in [0.2, 0.25) is 0 Å². The van der Waals surface area contributed by atoms with E-state index in [-0.39, 0.29) is 31.1 Å². The van der Waals surface area contributed by atoms with Crippen molar-refractivity contribution < 1.29 is 19.1 Å². The van der Waals surface area contributed by atoms with Gasteiger partial charge in [0.1, 0.15) is 13.2 Å². The highest BCUT2D eigenvalue weighted by Crippen LogP contribution is 2.22. The van der Waals surface area contributed by atoms with Gasteiger partial charge in [0, 0.05) is 12.6 Å². The molecule has 0 heterocycles. The third kappa shape index (κ3) is 5.59. The van der Waals surface area contributed by atoms with Gasteiger partial charge in [0.05, 0.1) is 6.61 Å². The first-order chi connectivity index (χ1) is 9.19. The Bertz CT molecular complexity index is 287. The van der Waals surface area contributed by atoms with Crippen molar-refractivity contribution in [2.24, 2.45) is 0 Å². The molecule has 19 heavy (non-hydrogen) atoms. The lowest BCUT2D eigenvalue weighted by atomic mass is 9.94. The van der Waals surface area contributed by atoms with Crippen LogP contribution in [-0.2, 0) is 19.1 Å². The Kier molecular flexibility index (Phi) is 7.48. The van der Waals surface area contributed by atoms with Gasteiger partial charge in [0.15, 0.2) is 0 Å². The zero-order valence-electron chi connectivity index (χ0n) is 12.0. The molecule has 0 unspecified atom stereocenters. The Morgan fingerprint density at radius 3 is 2.37 bits per heavy atom. The second-order valence-corrected chi connectivity index (χ2v) is 4.76. The fraction of sp³-hybridized carbons (Fsp3) is 0.857. The highest BCUT2D eigenvalue weighted by molar-refractivity contribution is 5.83. The summed E-state index contributed by atoms with van der Waals surface area (Å²) in [4.78, 5) is 25.4. The van der Waals surface area contributed by atoms with Crippen LogP contribution in [0.25, 0.3) is 0 Å². The van der Waals surface area contributed by atoms with E-state index in [1.165, 1.54) is 6.42 Å². The summed E-state index contributed by atoms with van der Waals surface area (Å²) < 4.78 is 10.1. The van der Waals surface area contributed by atoms with Crippen LogP contribution >= 0.6 is 0 Å². The minimum atomic E-state index is -0.335. The van der Waals surface area contributed by atoms with E-state index in [0.717, 1.165) is 25.7 Å². The van der Waals surface area contributed by atoms with Crippen LogP contribution in [0.1, 0.15) is 46.0 Å². The predicted molar refractivity (Wildman–Crippen MR) is 71.7 cm³/mol. The van der Waals surface area contributed by atoms with Gasteiger partial charge >= 0.3 is 5.97 Å². The number of amides is 1. The van der Waals surface area contributed by atoms with Crippen LogP contribution in [0.4, 0.5) is 0 Å². The molecule has 0 aromatic rings. The standard InChI is InChI=1S/C14H25NO4/c1-3-18-11-13(16)15(10-14(17)19-4-2)12-8-6-5-7-9-12/h12H,3-11H2,1-2H3. The molecule has 110 valence electrons. The zero-order valence-corrected chi connectivity index (χ0v) is 12.0. The lowest BCUT2D eigenvalue weighted by molar-refractivity contribution is -0.152. The Balaban J connectivity index is 2.60. The molecular formula is C14H25NO4. The molecule has 0 N–H and O–H groups in total. The molecule has 1 fully saturated rings. The van der Waals surface area contributed by atoms with Gasteiger partial charge in [0.25, 0.3) is 0 Å². The van der Waals surface area contributed by atoms with Gasteiger partial charge in [-0.15, -0.1) is 0 Å². The predicted octanol–water partition coefficient (Wildman–Crippen LogP) is 1.75. The molecule has 1 amide bonds. The number of rotatable bonds is 7. The van der Waals surface area contributed by atoms with E-state index in [1.807, 2.05) is 6.92 Å². The first kappa shape index (κ1) is 16.0. The summed E-state index contributed by atoms with van der Waals surface area (Å²) in [5.74, 6) is -0.445. The minimum absolute atomic E-state index is 0.0460. The van der Waals surface area contributed by atoms with Gasteiger partial charge in [-0.05, 0) is 26.7 Å². The molecule has 5 nitrogen and oxygen atoms in total. The topological polar surface area (TPSA) is 55.8 Å². The first-order valence-corrected chi connectivity index (χ1v) is 7.21. The second-order valence-electron chi connectivity index (χ2n) is 4.76. The molecular weight excluding hydrogens is 246 g/mol. The van der Waals surface area contributed by atoms with E-state index in [0.29, 0.717) is 13.2 Å². The molecule has 0 spiro atoms. The van der Waals surface area contributed by atoms with Crippen LogP contribution in [0.15, 0.2) is 0 Å². The third-order valence-electron chi connectivity index (χ3n) is 3.37. The van der Waals surface area contributed by atoms with Crippen molar-refractivity contribution in [2.45, 2.75) is 52.0 Å². The molecule has 0 aliphatic heterocycles. The molecule has 0 radical (unpaired) electrons. The monoisotopic (exact) mass is 271 g/mol. The summed E-state index contributed by atoms with van der Waals surface area (Å²) >= 11 is 0. The zero-order chi connectivity index (χ0) is 14.1. The van der Waals surface area contributed by atoms with Crippen molar-refractivity contribution in [1.82, 2.24) is 4.90 Å². The molecule has 1 aliphatic rings. The average Bonchev–Trinajstić information content (AvgIpc) is 2.43. The van der Waals surface area contributed by atoms with Gasteiger partial charge in [-0.25, -0.2) is 0 Å².